The van der Waals surface area contributed by atoms with Gasteiger partial charge in [0.05, 0.1) is 11.6 Å². The molecule has 1 amide bonds. The summed E-state index contributed by atoms with van der Waals surface area (Å²) in [6, 6.07) is 8.27. The molecule has 0 radical (unpaired) electrons. The van der Waals surface area contributed by atoms with Crippen molar-refractivity contribution in [2.45, 2.75) is 19.1 Å². The van der Waals surface area contributed by atoms with E-state index in [2.05, 4.69) is 20.0 Å². The summed E-state index contributed by atoms with van der Waals surface area (Å²) in [5.74, 6) is 0.353. The van der Waals surface area contributed by atoms with Crippen LogP contribution in [0.1, 0.15) is 30.0 Å². The van der Waals surface area contributed by atoms with E-state index < -0.39 is 11.7 Å². The molecule has 0 spiro atoms. The first-order chi connectivity index (χ1) is 15.8. The summed E-state index contributed by atoms with van der Waals surface area (Å²) >= 11 is 0. The average Bonchev–Trinajstić information content (AvgIpc) is 3.33. The maximum Gasteiger partial charge on any atom is 0.416 e. The Hall–Kier alpha value is -3.53. The van der Waals surface area contributed by atoms with Crippen LogP contribution in [0, 0.1) is 0 Å². The SMILES string of the molecule is CC(c1nc(-c2cccc(C(F)(F)F)c2)no1)N1CCN(C(=O)/C=C/c2cccnc2)CC1. The summed E-state index contributed by atoms with van der Waals surface area (Å²) in [6.45, 7) is 4.18. The van der Waals surface area contributed by atoms with E-state index in [-0.39, 0.29) is 23.3 Å². The molecule has 172 valence electrons. The number of pyridine rings is 1. The maximum absolute atomic E-state index is 13.0. The van der Waals surface area contributed by atoms with Crippen LogP contribution in [0.3, 0.4) is 0 Å². The minimum atomic E-state index is -4.44. The Morgan fingerprint density at radius 1 is 1.15 bits per heavy atom. The van der Waals surface area contributed by atoms with Crippen LogP contribution in [-0.2, 0) is 11.0 Å². The van der Waals surface area contributed by atoms with Gasteiger partial charge in [0, 0.05) is 50.2 Å². The standard InChI is InChI=1S/C23H22F3N5O2/c1-16(22-28-21(29-33-22)18-5-2-6-19(14-18)23(24,25)26)30-10-12-31(13-11-30)20(32)8-7-17-4-3-9-27-15-17/h2-9,14-16H,10-13H2,1H3/b8-7+. The number of hydrogen-bond donors (Lipinski definition) is 0. The third-order valence-corrected chi connectivity index (χ3v) is 5.52. The van der Waals surface area contributed by atoms with E-state index in [4.69, 9.17) is 4.52 Å². The molecule has 1 fully saturated rings. The van der Waals surface area contributed by atoms with Crippen LogP contribution in [0.5, 0.6) is 0 Å². The number of hydrogen-bond acceptors (Lipinski definition) is 6. The predicted molar refractivity (Wildman–Crippen MR) is 115 cm³/mol. The van der Waals surface area contributed by atoms with Crippen LogP contribution in [0.2, 0.25) is 0 Å². The molecule has 3 heterocycles. The fourth-order valence-corrected chi connectivity index (χ4v) is 3.59. The molecule has 2 aromatic heterocycles. The van der Waals surface area contributed by atoms with Crippen LogP contribution in [0.25, 0.3) is 17.5 Å². The molecular weight excluding hydrogens is 435 g/mol. The van der Waals surface area contributed by atoms with Crippen LogP contribution in [0.15, 0.2) is 59.4 Å². The molecule has 7 nitrogen and oxygen atoms in total. The van der Waals surface area contributed by atoms with E-state index in [9.17, 15) is 18.0 Å². The van der Waals surface area contributed by atoms with Gasteiger partial charge in [-0.15, -0.1) is 0 Å². The number of carbonyl (C=O) groups is 1. The molecule has 1 aliphatic rings. The molecule has 0 N–H and O–H groups in total. The van der Waals surface area contributed by atoms with Crippen molar-refractivity contribution in [2.24, 2.45) is 0 Å². The van der Waals surface area contributed by atoms with Gasteiger partial charge in [0.15, 0.2) is 0 Å². The lowest BCUT2D eigenvalue weighted by molar-refractivity contribution is -0.137. The van der Waals surface area contributed by atoms with Crippen LogP contribution in [-0.4, -0.2) is 57.0 Å². The summed E-state index contributed by atoms with van der Waals surface area (Å²) in [5, 5.41) is 3.86. The number of benzene rings is 1. The second-order valence-corrected chi connectivity index (χ2v) is 7.69. The molecule has 1 aliphatic heterocycles. The quantitative estimate of drug-likeness (QED) is 0.538. The van der Waals surface area contributed by atoms with Gasteiger partial charge in [-0.2, -0.15) is 18.2 Å². The molecular formula is C23H22F3N5O2. The second-order valence-electron chi connectivity index (χ2n) is 7.69. The number of carbonyl (C=O) groups excluding carboxylic acids is 1. The molecule has 0 bridgehead atoms. The minimum absolute atomic E-state index is 0.0734. The highest BCUT2D eigenvalue weighted by atomic mass is 19.4. The maximum atomic E-state index is 13.0. The van der Waals surface area contributed by atoms with Gasteiger partial charge in [0.1, 0.15) is 0 Å². The Labute approximate surface area is 188 Å². The second kappa shape index (κ2) is 9.53. The van der Waals surface area contributed by atoms with E-state index in [1.807, 2.05) is 13.0 Å². The predicted octanol–water partition coefficient (Wildman–Crippen LogP) is 4.07. The first-order valence-electron chi connectivity index (χ1n) is 10.4. The van der Waals surface area contributed by atoms with Gasteiger partial charge >= 0.3 is 6.18 Å². The van der Waals surface area contributed by atoms with Crippen molar-refractivity contribution in [3.8, 4) is 11.4 Å². The van der Waals surface area contributed by atoms with Crippen molar-refractivity contribution in [3.05, 3.63) is 71.9 Å². The Balaban J connectivity index is 1.36. The fraction of sp³-hybridized carbons (Fsp3) is 0.304. The zero-order valence-electron chi connectivity index (χ0n) is 17.9. The smallest absolute Gasteiger partial charge is 0.337 e. The van der Waals surface area contributed by atoms with Crippen molar-refractivity contribution in [3.63, 3.8) is 0 Å². The molecule has 3 aromatic rings. The minimum Gasteiger partial charge on any atom is -0.337 e. The van der Waals surface area contributed by atoms with E-state index in [0.717, 1.165) is 17.7 Å². The normalized spacial score (nSPS) is 16.3. The van der Waals surface area contributed by atoms with E-state index in [1.165, 1.54) is 18.2 Å². The highest BCUT2D eigenvalue weighted by molar-refractivity contribution is 5.91. The largest absolute Gasteiger partial charge is 0.416 e. The van der Waals surface area contributed by atoms with Crippen molar-refractivity contribution in [2.75, 3.05) is 26.2 Å². The van der Waals surface area contributed by atoms with Crippen molar-refractivity contribution in [1.82, 2.24) is 24.9 Å². The van der Waals surface area contributed by atoms with Gasteiger partial charge in [-0.3, -0.25) is 14.7 Å². The van der Waals surface area contributed by atoms with Crippen molar-refractivity contribution < 1.29 is 22.5 Å². The van der Waals surface area contributed by atoms with Gasteiger partial charge < -0.3 is 9.42 Å². The first kappa shape index (κ1) is 22.7. The third kappa shape index (κ3) is 5.46. The molecule has 0 aliphatic carbocycles. The van der Waals surface area contributed by atoms with Crippen molar-refractivity contribution in [1.29, 1.82) is 0 Å². The number of rotatable bonds is 5. The molecule has 1 unspecified atom stereocenters. The Morgan fingerprint density at radius 3 is 2.64 bits per heavy atom. The lowest BCUT2D eigenvalue weighted by atomic mass is 10.1. The van der Waals surface area contributed by atoms with Crippen molar-refractivity contribution >= 4 is 12.0 Å². The molecule has 4 rings (SSSR count). The number of halogens is 3. The molecule has 1 aromatic carbocycles. The van der Waals surface area contributed by atoms with Crippen LogP contribution in [0.4, 0.5) is 13.2 Å². The number of alkyl halides is 3. The molecule has 33 heavy (non-hydrogen) atoms. The highest BCUT2D eigenvalue weighted by Gasteiger charge is 2.31. The average molecular weight is 457 g/mol. The highest BCUT2D eigenvalue weighted by Crippen LogP contribution is 2.32. The lowest BCUT2D eigenvalue weighted by Crippen LogP contribution is -2.48. The number of piperazine rings is 1. The number of nitrogens with zero attached hydrogens (tertiary/aromatic N) is 5. The summed E-state index contributed by atoms with van der Waals surface area (Å²) in [7, 11) is 0. The zero-order valence-corrected chi connectivity index (χ0v) is 17.9. The molecule has 1 atom stereocenters. The first-order valence-corrected chi connectivity index (χ1v) is 10.4. The topological polar surface area (TPSA) is 75.4 Å². The summed E-state index contributed by atoms with van der Waals surface area (Å²) in [4.78, 5) is 24.6. The molecule has 10 heteroatoms. The van der Waals surface area contributed by atoms with Gasteiger partial charge in [-0.25, -0.2) is 0 Å². The Bertz CT molecular complexity index is 1120. The van der Waals surface area contributed by atoms with E-state index >= 15 is 0 Å². The van der Waals surface area contributed by atoms with E-state index in [0.29, 0.717) is 32.1 Å². The monoisotopic (exact) mass is 457 g/mol. The van der Waals surface area contributed by atoms with Crippen LogP contribution < -0.4 is 0 Å². The van der Waals surface area contributed by atoms with Gasteiger partial charge in [0.2, 0.25) is 17.6 Å². The lowest BCUT2D eigenvalue weighted by Gasteiger charge is -2.36. The molecule has 1 saturated heterocycles. The number of aromatic nitrogens is 3. The van der Waals surface area contributed by atoms with Gasteiger partial charge in [0.25, 0.3) is 0 Å². The zero-order chi connectivity index (χ0) is 23.4. The van der Waals surface area contributed by atoms with Gasteiger partial charge in [-0.1, -0.05) is 23.4 Å². The van der Waals surface area contributed by atoms with Crippen LogP contribution >= 0.6 is 0 Å². The summed E-state index contributed by atoms with van der Waals surface area (Å²) < 4.78 is 44.3. The summed E-state index contributed by atoms with van der Waals surface area (Å²) in [5.41, 5.74) is 0.326. The number of amides is 1. The van der Waals surface area contributed by atoms with Gasteiger partial charge in [-0.05, 0) is 36.8 Å². The third-order valence-electron chi connectivity index (χ3n) is 5.52. The Morgan fingerprint density at radius 2 is 1.94 bits per heavy atom. The summed E-state index contributed by atoms with van der Waals surface area (Å²) in [6.07, 6.45) is 2.18. The Kier molecular flexibility index (Phi) is 6.55. The fourth-order valence-electron chi connectivity index (χ4n) is 3.59. The molecule has 0 saturated carbocycles. The van der Waals surface area contributed by atoms with E-state index in [1.54, 1.807) is 29.4 Å².